The summed E-state index contributed by atoms with van der Waals surface area (Å²) in [6.45, 7) is 1.25. The Bertz CT molecular complexity index is 778. The second-order valence-corrected chi connectivity index (χ2v) is 7.24. The highest BCUT2D eigenvalue weighted by atomic mass is 35.5. The van der Waals surface area contributed by atoms with E-state index in [4.69, 9.17) is 17.3 Å². The molecular weight excluding hydrogens is 350 g/mol. The van der Waals surface area contributed by atoms with Gasteiger partial charge in [-0.2, -0.15) is 0 Å². The molecule has 1 atom stereocenters. The molecule has 0 aliphatic carbocycles. The second-order valence-electron chi connectivity index (χ2n) is 6.80. The molecule has 6 nitrogen and oxygen atoms in total. The predicted octanol–water partition coefficient (Wildman–Crippen LogP) is 2.99. The number of benzene rings is 1. The molecule has 1 amide bonds. The van der Waals surface area contributed by atoms with Gasteiger partial charge in [-0.25, -0.2) is 9.97 Å². The van der Waals surface area contributed by atoms with E-state index in [-0.39, 0.29) is 17.9 Å². The molecular formula is C19H24ClN5O. The number of nitrogens with zero attached hydrogens (tertiary/aromatic N) is 4. The number of rotatable bonds is 4. The van der Waals surface area contributed by atoms with E-state index in [1.165, 1.54) is 0 Å². The van der Waals surface area contributed by atoms with Gasteiger partial charge in [0.25, 0.3) is 0 Å². The van der Waals surface area contributed by atoms with Gasteiger partial charge in [0.1, 0.15) is 0 Å². The lowest BCUT2D eigenvalue weighted by atomic mass is 9.94. The smallest absolute Gasteiger partial charge is 0.236 e. The number of hydrogen-bond acceptors (Lipinski definition) is 5. The van der Waals surface area contributed by atoms with Crippen molar-refractivity contribution in [1.82, 2.24) is 19.8 Å². The van der Waals surface area contributed by atoms with Gasteiger partial charge in [0.2, 0.25) is 11.9 Å². The first-order chi connectivity index (χ1) is 12.5. The maximum absolute atomic E-state index is 12.3. The van der Waals surface area contributed by atoms with E-state index < -0.39 is 0 Å². The number of nitrogens with two attached hydrogens (primary N) is 1. The van der Waals surface area contributed by atoms with Gasteiger partial charge < -0.3 is 10.6 Å². The maximum atomic E-state index is 12.3. The monoisotopic (exact) mass is 373 g/mol. The summed E-state index contributed by atoms with van der Waals surface area (Å²) in [4.78, 5) is 24.8. The van der Waals surface area contributed by atoms with Crippen molar-refractivity contribution in [2.75, 3.05) is 32.9 Å². The average molecular weight is 374 g/mol. The number of nitrogen functional groups attached to an aromatic ring is 1. The largest absolute Gasteiger partial charge is 0.368 e. The summed E-state index contributed by atoms with van der Waals surface area (Å²) in [6.07, 6.45) is 4.88. The van der Waals surface area contributed by atoms with Gasteiger partial charge in [0, 0.05) is 30.9 Å². The number of hydrogen-bond donors (Lipinski definition) is 1. The lowest BCUT2D eigenvalue weighted by Crippen LogP contribution is -2.41. The van der Waals surface area contributed by atoms with E-state index >= 15 is 0 Å². The molecule has 0 saturated carbocycles. The van der Waals surface area contributed by atoms with Crippen molar-refractivity contribution in [3.05, 3.63) is 41.2 Å². The zero-order valence-electron chi connectivity index (χ0n) is 15.2. The Kier molecular flexibility index (Phi) is 5.74. The van der Waals surface area contributed by atoms with Crippen LogP contribution in [-0.4, -0.2) is 52.9 Å². The van der Waals surface area contributed by atoms with E-state index in [9.17, 15) is 4.79 Å². The highest BCUT2D eigenvalue weighted by molar-refractivity contribution is 6.30. The third kappa shape index (κ3) is 4.14. The highest BCUT2D eigenvalue weighted by Crippen LogP contribution is 2.36. The van der Waals surface area contributed by atoms with Crippen LogP contribution in [0.4, 0.5) is 5.95 Å². The van der Waals surface area contributed by atoms with Gasteiger partial charge in [-0.05, 0) is 37.1 Å². The van der Waals surface area contributed by atoms with Gasteiger partial charge in [0.15, 0.2) is 0 Å². The third-order valence-corrected chi connectivity index (χ3v) is 5.01. The number of likely N-dealkylation sites (N-methyl/N-ethyl adjacent to an activating group) is 1. The Morgan fingerprint density at radius 3 is 2.73 bits per heavy atom. The normalized spacial score (nSPS) is 17.9. The molecule has 1 aliphatic heterocycles. The van der Waals surface area contributed by atoms with Crippen molar-refractivity contribution in [2.45, 2.75) is 25.3 Å². The van der Waals surface area contributed by atoms with Crippen LogP contribution in [0.3, 0.4) is 0 Å². The Labute approximate surface area is 159 Å². The van der Waals surface area contributed by atoms with E-state index in [2.05, 4.69) is 14.9 Å². The molecule has 1 aromatic heterocycles. The molecule has 2 heterocycles. The Balaban J connectivity index is 1.98. The van der Waals surface area contributed by atoms with Crippen LogP contribution in [0.1, 0.15) is 31.0 Å². The zero-order valence-corrected chi connectivity index (χ0v) is 15.9. The fourth-order valence-electron chi connectivity index (χ4n) is 3.32. The number of piperidine rings is 1. The number of carbonyl (C=O) groups is 1. The van der Waals surface area contributed by atoms with Crippen LogP contribution in [0, 0.1) is 0 Å². The molecule has 1 fully saturated rings. The Morgan fingerprint density at radius 2 is 2.04 bits per heavy atom. The molecule has 3 rings (SSSR count). The molecule has 2 N–H and O–H groups in total. The van der Waals surface area contributed by atoms with Crippen LogP contribution < -0.4 is 5.73 Å². The van der Waals surface area contributed by atoms with Gasteiger partial charge in [0.05, 0.1) is 18.3 Å². The first kappa shape index (κ1) is 18.6. The number of amides is 1. The second kappa shape index (κ2) is 8.01. The summed E-state index contributed by atoms with van der Waals surface area (Å²) in [7, 11) is 3.56. The minimum Gasteiger partial charge on any atom is -0.368 e. The summed E-state index contributed by atoms with van der Waals surface area (Å²) in [5.74, 6) is 0.342. The van der Waals surface area contributed by atoms with Gasteiger partial charge in [-0.1, -0.05) is 30.2 Å². The Morgan fingerprint density at radius 1 is 1.31 bits per heavy atom. The minimum absolute atomic E-state index is 0.0450. The molecule has 7 heteroatoms. The number of aromatic nitrogens is 2. The van der Waals surface area contributed by atoms with Gasteiger partial charge in [-0.15, -0.1) is 0 Å². The maximum Gasteiger partial charge on any atom is 0.236 e. The molecule has 0 spiro atoms. The molecule has 0 bridgehead atoms. The van der Waals surface area contributed by atoms with Crippen molar-refractivity contribution < 1.29 is 4.79 Å². The van der Waals surface area contributed by atoms with Crippen LogP contribution in [0.5, 0.6) is 0 Å². The number of likely N-dealkylation sites (tertiary alicyclic amines) is 1. The van der Waals surface area contributed by atoms with E-state index in [0.717, 1.165) is 42.6 Å². The lowest BCUT2D eigenvalue weighted by molar-refractivity contribution is -0.130. The van der Waals surface area contributed by atoms with Crippen molar-refractivity contribution >= 4 is 23.5 Å². The summed E-state index contributed by atoms with van der Waals surface area (Å²) in [5.41, 5.74) is 8.70. The summed E-state index contributed by atoms with van der Waals surface area (Å²) in [6, 6.07) is 7.66. The average Bonchev–Trinajstić information content (AvgIpc) is 2.63. The van der Waals surface area contributed by atoms with Crippen LogP contribution in [0.2, 0.25) is 5.02 Å². The van der Waals surface area contributed by atoms with Crippen molar-refractivity contribution in [1.29, 1.82) is 0 Å². The van der Waals surface area contributed by atoms with E-state index in [0.29, 0.717) is 11.6 Å². The SMILES string of the molecule is CN(C)C(=O)CN1CCCC[C@@H]1c1nc(N)ncc1-c1ccc(Cl)cc1. The lowest BCUT2D eigenvalue weighted by Gasteiger charge is -2.36. The molecule has 0 unspecified atom stereocenters. The molecule has 26 heavy (non-hydrogen) atoms. The van der Waals surface area contributed by atoms with Crippen molar-refractivity contribution in [3.8, 4) is 11.1 Å². The highest BCUT2D eigenvalue weighted by Gasteiger charge is 2.29. The summed E-state index contributed by atoms with van der Waals surface area (Å²) < 4.78 is 0. The first-order valence-corrected chi connectivity index (χ1v) is 9.16. The van der Waals surface area contributed by atoms with Crippen molar-refractivity contribution in [2.24, 2.45) is 0 Å². The summed E-state index contributed by atoms with van der Waals surface area (Å²) >= 11 is 6.02. The molecule has 1 aliphatic rings. The van der Waals surface area contributed by atoms with Gasteiger partial charge in [-0.3, -0.25) is 9.69 Å². The zero-order chi connectivity index (χ0) is 18.7. The number of halogens is 1. The quantitative estimate of drug-likeness (QED) is 0.891. The van der Waals surface area contributed by atoms with Crippen LogP contribution in [0.15, 0.2) is 30.5 Å². The molecule has 1 aromatic carbocycles. The number of anilines is 1. The fourth-order valence-corrected chi connectivity index (χ4v) is 3.45. The topological polar surface area (TPSA) is 75.4 Å². The third-order valence-electron chi connectivity index (χ3n) is 4.76. The predicted molar refractivity (Wildman–Crippen MR) is 104 cm³/mol. The molecule has 2 aromatic rings. The van der Waals surface area contributed by atoms with Crippen molar-refractivity contribution in [3.63, 3.8) is 0 Å². The molecule has 1 saturated heterocycles. The minimum atomic E-state index is 0.0450. The Hall–Kier alpha value is -2.18. The van der Waals surface area contributed by atoms with Gasteiger partial charge >= 0.3 is 0 Å². The summed E-state index contributed by atoms with van der Waals surface area (Å²) in [5, 5.41) is 0.683. The molecule has 0 radical (unpaired) electrons. The van der Waals surface area contributed by atoms with E-state index in [1.54, 1.807) is 25.2 Å². The standard InChI is InChI=1S/C19H24ClN5O/c1-24(2)17(26)12-25-10-4-3-5-16(25)18-15(11-22-19(21)23-18)13-6-8-14(20)9-7-13/h6-9,11,16H,3-5,10,12H2,1-2H3,(H2,21,22,23)/t16-/m1/s1. The number of carbonyl (C=O) groups excluding carboxylic acids is 1. The van der Waals surface area contributed by atoms with Crippen LogP contribution in [0.25, 0.3) is 11.1 Å². The molecule has 138 valence electrons. The van der Waals surface area contributed by atoms with Crippen LogP contribution >= 0.6 is 11.6 Å². The van der Waals surface area contributed by atoms with Crippen LogP contribution in [-0.2, 0) is 4.79 Å². The first-order valence-electron chi connectivity index (χ1n) is 8.78. The fraction of sp³-hybridized carbons (Fsp3) is 0.421. The van der Waals surface area contributed by atoms with E-state index in [1.807, 2.05) is 24.3 Å².